The van der Waals surface area contributed by atoms with Crippen LogP contribution in [0.15, 0.2) is 55.2 Å². The fourth-order valence-corrected chi connectivity index (χ4v) is 2.41. The summed E-state index contributed by atoms with van der Waals surface area (Å²) in [7, 11) is 0. The van der Waals surface area contributed by atoms with E-state index in [0.29, 0.717) is 18.0 Å². The highest BCUT2D eigenvalue weighted by Crippen LogP contribution is 2.13. The van der Waals surface area contributed by atoms with Crippen molar-refractivity contribution in [2.45, 2.75) is 13.5 Å². The van der Waals surface area contributed by atoms with Crippen LogP contribution in [0.25, 0.3) is 10.9 Å². The first-order valence-corrected chi connectivity index (χ1v) is 7.31. The van der Waals surface area contributed by atoms with E-state index in [1.54, 1.807) is 18.7 Å². The van der Waals surface area contributed by atoms with Crippen LogP contribution in [-0.2, 0) is 6.54 Å². The Kier molecular flexibility index (Phi) is 4.14. The van der Waals surface area contributed by atoms with Gasteiger partial charge in [-0.1, -0.05) is 13.0 Å². The Bertz CT molecular complexity index is 767. The van der Waals surface area contributed by atoms with Crippen LogP contribution in [0.5, 0.6) is 0 Å². The molecule has 0 unspecified atom stereocenters. The van der Waals surface area contributed by atoms with Crippen LogP contribution in [0.1, 0.15) is 17.3 Å². The lowest BCUT2D eigenvalue weighted by Gasteiger charge is -2.13. The second-order valence-corrected chi connectivity index (χ2v) is 5.49. The first-order chi connectivity index (χ1) is 10.7. The summed E-state index contributed by atoms with van der Waals surface area (Å²) in [6.45, 7) is 3.56. The third-order valence-corrected chi connectivity index (χ3v) is 3.56. The Morgan fingerprint density at radius 1 is 1.32 bits per heavy atom. The molecule has 0 saturated heterocycles. The number of hydrogen-bond acceptors (Lipinski definition) is 3. The van der Waals surface area contributed by atoms with Crippen molar-refractivity contribution in [1.29, 1.82) is 0 Å². The number of imidazole rings is 1. The summed E-state index contributed by atoms with van der Waals surface area (Å²) in [4.78, 5) is 20.5. The van der Waals surface area contributed by atoms with Crippen molar-refractivity contribution >= 4 is 16.8 Å². The van der Waals surface area contributed by atoms with Crippen LogP contribution in [-0.4, -0.2) is 27.0 Å². The Balaban J connectivity index is 1.60. The fraction of sp³-hybridized carbons (Fsp3) is 0.235. The van der Waals surface area contributed by atoms with E-state index in [0.717, 1.165) is 17.4 Å². The van der Waals surface area contributed by atoms with E-state index in [2.05, 4.69) is 22.2 Å². The zero-order valence-corrected chi connectivity index (χ0v) is 12.4. The lowest BCUT2D eigenvalue weighted by atomic mass is 10.1. The summed E-state index contributed by atoms with van der Waals surface area (Å²) >= 11 is 0. The highest BCUT2D eigenvalue weighted by Gasteiger charge is 2.09. The molecule has 0 aliphatic rings. The highest BCUT2D eigenvalue weighted by molar-refractivity contribution is 5.97. The molecule has 3 rings (SSSR count). The van der Waals surface area contributed by atoms with Crippen LogP contribution in [0.3, 0.4) is 0 Å². The number of fused-ring (bicyclic) bond motifs is 1. The molecule has 0 aliphatic carbocycles. The maximum absolute atomic E-state index is 12.2. The van der Waals surface area contributed by atoms with Gasteiger partial charge in [-0.15, -0.1) is 0 Å². The minimum absolute atomic E-state index is 0.0526. The molecule has 0 fully saturated rings. The van der Waals surface area contributed by atoms with Crippen LogP contribution < -0.4 is 5.32 Å². The Morgan fingerprint density at radius 2 is 2.23 bits per heavy atom. The van der Waals surface area contributed by atoms with Gasteiger partial charge < -0.3 is 9.88 Å². The topological polar surface area (TPSA) is 59.8 Å². The molecule has 112 valence electrons. The standard InChI is InChI=1S/C17H18N4O/c1-13(11-21-8-7-18-12-21)10-20-17(22)15-4-5-16-14(9-15)3-2-6-19-16/h2-9,12-13H,10-11H2,1H3,(H,20,22)/t13-/m0/s1. The van der Waals surface area contributed by atoms with Crippen molar-refractivity contribution in [2.75, 3.05) is 6.54 Å². The van der Waals surface area contributed by atoms with Crippen molar-refractivity contribution in [3.05, 3.63) is 60.8 Å². The largest absolute Gasteiger partial charge is 0.352 e. The molecule has 0 saturated carbocycles. The zero-order chi connectivity index (χ0) is 15.4. The van der Waals surface area contributed by atoms with Crippen molar-refractivity contribution in [2.24, 2.45) is 5.92 Å². The molecular formula is C17H18N4O. The molecule has 2 aromatic heterocycles. The van der Waals surface area contributed by atoms with Crippen LogP contribution >= 0.6 is 0 Å². The first kappa shape index (κ1) is 14.3. The number of aromatic nitrogens is 3. The minimum atomic E-state index is -0.0526. The van der Waals surface area contributed by atoms with E-state index >= 15 is 0 Å². The number of nitrogens with one attached hydrogen (secondary N) is 1. The summed E-state index contributed by atoms with van der Waals surface area (Å²) < 4.78 is 2.01. The van der Waals surface area contributed by atoms with E-state index in [9.17, 15) is 4.79 Å². The number of hydrogen-bond donors (Lipinski definition) is 1. The van der Waals surface area contributed by atoms with Gasteiger partial charge in [0.05, 0.1) is 11.8 Å². The van der Waals surface area contributed by atoms with E-state index in [4.69, 9.17) is 0 Å². The summed E-state index contributed by atoms with van der Waals surface area (Å²) in [5.74, 6) is 0.281. The van der Waals surface area contributed by atoms with E-state index in [1.165, 1.54) is 0 Å². The van der Waals surface area contributed by atoms with Crippen molar-refractivity contribution in [3.8, 4) is 0 Å². The maximum Gasteiger partial charge on any atom is 0.251 e. The number of benzene rings is 1. The van der Waals surface area contributed by atoms with Gasteiger partial charge in [0.1, 0.15) is 0 Å². The molecule has 0 spiro atoms. The SMILES string of the molecule is C[C@@H](CNC(=O)c1ccc2ncccc2c1)Cn1ccnc1. The molecule has 5 nitrogen and oxygen atoms in total. The Labute approximate surface area is 129 Å². The number of rotatable bonds is 5. The van der Waals surface area contributed by atoms with Crippen molar-refractivity contribution in [1.82, 2.24) is 19.9 Å². The van der Waals surface area contributed by atoms with E-state index in [1.807, 2.05) is 41.1 Å². The predicted octanol–water partition coefficient (Wildman–Crippen LogP) is 2.50. The molecule has 0 radical (unpaired) electrons. The lowest BCUT2D eigenvalue weighted by Crippen LogP contribution is -2.29. The average Bonchev–Trinajstić information content (AvgIpc) is 3.05. The zero-order valence-electron chi connectivity index (χ0n) is 12.4. The number of amides is 1. The highest BCUT2D eigenvalue weighted by atomic mass is 16.1. The molecular weight excluding hydrogens is 276 g/mol. The quantitative estimate of drug-likeness (QED) is 0.786. The van der Waals surface area contributed by atoms with Gasteiger partial charge in [0.15, 0.2) is 0 Å². The molecule has 3 aromatic rings. The smallest absolute Gasteiger partial charge is 0.251 e. The van der Waals surface area contributed by atoms with E-state index in [-0.39, 0.29) is 5.91 Å². The monoisotopic (exact) mass is 294 g/mol. The van der Waals surface area contributed by atoms with Gasteiger partial charge in [-0.05, 0) is 30.2 Å². The molecule has 1 amide bonds. The fourth-order valence-electron chi connectivity index (χ4n) is 2.41. The second-order valence-electron chi connectivity index (χ2n) is 5.49. The summed E-state index contributed by atoms with van der Waals surface area (Å²) in [5, 5.41) is 3.96. The lowest BCUT2D eigenvalue weighted by molar-refractivity contribution is 0.0947. The third-order valence-electron chi connectivity index (χ3n) is 3.56. The Morgan fingerprint density at radius 3 is 3.05 bits per heavy atom. The van der Waals surface area contributed by atoms with Gasteiger partial charge in [-0.25, -0.2) is 4.98 Å². The Hall–Kier alpha value is -2.69. The van der Waals surface area contributed by atoms with Crippen LogP contribution in [0.2, 0.25) is 0 Å². The number of carbonyl (C=O) groups excluding carboxylic acids is 1. The summed E-state index contributed by atoms with van der Waals surface area (Å²) in [6.07, 6.45) is 7.22. The molecule has 1 atom stereocenters. The molecule has 5 heteroatoms. The number of pyridine rings is 1. The van der Waals surface area contributed by atoms with Gasteiger partial charge in [0, 0.05) is 42.6 Å². The molecule has 2 heterocycles. The normalized spacial score (nSPS) is 12.2. The third kappa shape index (κ3) is 3.31. The van der Waals surface area contributed by atoms with Gasteiger partial charge in [0.2, 0.25) is 0 Å². The van der Waals surface area contributed by atoms with Crippen molar-refractivity contribution in [3.63, 3.8) is 0 Å². The molecule has 0 bridgehead atoms. The molecule has 1 aromatic carbocycles. The van der Waals surface area contributed by atoms with Gasteiger partial charge >= 0.3 is 0 Å². The van der Waals surface area contributed by atoms with Crippen LogP contribution in [0, 0.1) is 5.92 Å². The van der Waals surface area contributed by atoms with Crippen molar-refractivity contribution < 1.29 is 4.79 Å². The minimum Gasteiger partial charge on any atom is -0.352 e. The first-order valence-electron chi connectivity index (χ1n) is 7.31. The second kappa shape index (κ2) is 6.39. The van der Waals surface area contributed by atoms with Gasteiger partial charge in [-0.2, -0.15) is 0 Å². The van der Waals surface area contributed by atoms with Gasteiger partial charge in [-0.3, -0.25) is 9.78 Å². The maximum atomic E-state index is 12.2. The number of nitrogens with zero attached hydrogens (tertiary/aromatic N) is 3. The molecule has 1 N–H and O–H groups in total. The summed E-state index contributed by atoms with van der Waals surface area (Å²) in [6, 6.07) is 9.39. The average molecular weight is 294 g/mol. The predicted molar refractivity (Wildman–Crippen MR) is 85.5 cm³/mol. The molecule has 22 heavy (non-hydrogen) atoms. The van der Waals surface area contributed by atoms with Crippen LogP contribution in [0.4, 0.5) is 0 Å². The molecule has 0 aliphatic heterocycles. The summed E-state index contributed by atoms with van der Waals surface area (Å²) in [5.41, 5.74) is 1.56. The van der Waals surface area contributed by atoms with E-state index < -0.39 is 0 Å². The van der Waals surface area contributed by atoms with Gasteiger partial charge in [0.25, 0.3) is 5.91 Å². The number of carbonyl (C=O) groups is 1.